The van der Waals surface area contributed by atoms with E-state index in [1.807, 2.05) is 12.1 Å². The molecule has 0 radical (unpaired) electrons. The van der Waals surface area contributed by atoms with E-state index in [-0.39, 0.29) is 0 Å². The highest BCUT2D eigenvalue weighted by molar-refractivity contribution is 7.90. The molecule has 1 aliphatic heterocycles. The van der Waals surface area contributed by atoms with Gasteiger partial charge < -0.3 is 0 Å². The van der Waals surface area contributed by atoms with E-state index in [1.54, 1.807) is 12.1 Å². The molecular formula is C19H30N2O2S. The van der Waals surface area contributed by atoms with Gasteiger partial charge in [0.15, 0.2) is 9.84 Å². The van der Waals surface area contributed by atoms with Crippen LogP contribution in [0.4, 0.5) is 0 Å². The molecule has 0 amide bonds. The molecule has 0 bridgehead atoms. The van der Waals surface area contributed by atoms with Crippen LogP contribution in [0.2, 0.25) is 0 Å². The van der Waals surface area contributed by atoms with Crippen molar-refractivity contribution in [2.45, 2.75) is 56.0 Å². The van der Waals surface area contributed by atoms with E-state index in [0.29, 0.717) is 4.90 Å². The fourth-order valence-corrected chi connectivity index (χ4v) is 4.69. The van der Waals surface area contributed by atoms with E-state index in [9.17, 15) is 8.42 Å². The van der Waals surface area contributed by atoms with Crippen molar-refractivity contribution in [3.8, 4) is 0 Å². The molecule has 3 rings (SSSR count). The SMILES string of the molecule is CS(=O)(=O)c1ccc(CN2CCCN(C3CCCCC3)CC2)cc1. The average Bonchev–Trinajstić information content (AvgIpc) is 2.81. The highest BCUT2D eigenvalue weighted by atomic mass is 32.2. The van der Waals surface area contributed by atoms with E-state index in [0.717, 1.165) is 25.7 Å². The zero-order chi connectivity index (χ0) is 17.0. The Morgan fingerprint density at radius 1 is 0.917 bits per heavy atom. The molecule has 1 saturated heterocycles. The summed E-state index contributed by atoms with van der Waals surface area (Å²) in [6, 6.07) is 8.20. The van der Waals surface area contributed by atoms with Crippen molar-refractivity contribution in [2.75, 3.05) is 32.4 Å². The van der Waals surface area contributed by atoms with Crippen LogP contribution in [-0.2, 0) is 16.4 Å². The Bertz CT molecular complexity index is 621. The zero-order valence-corrected chi connectivity index (χ0v) is 15.6. The molecule has 2 fully saturated rings. The van der Waals surface area contributed by atoms with Gasteiger partial charge in [0.2, 0.25) is 0 Å². The molecule has 4 nitrogen and oxygen atoms in total. The molecule has 5 heteroatoms. The Kier molecular flexibility index (Phi) is 5.95. The summed E-state index contributed by atoms with van der Waals surface area (Å²) < 4.78 is 23.1. The summed E-state index contributed by atoms with van der Waals surface area (Å²) >= 11 is 0. The molecule has 0 unspecified atom stereocenters. The lowest BCUT2D eigenvalue weighted by Gasteiger charge is -2.33. The van der Waals surface area contributed by atoms with Gasteiger partial charge in [0, 0.05) is 31.9 Å². The second kappa shape index (κ2) is 7.98. The smallest absolute Gasteiger partial charge is 0.175 e. The highest BCUT2D eigenvalue weighted by Gasteiger charge is 2.23. The van der Waals surface area contributed by atoms with Crippen LogP contribution >= 0.6 is 0 Å². The fourth-order valence-electron chi connectivity index (χ4n) is 4.06. The molecule has 0 atom stereocenters. The summed E-state index contributed by atoms with van der Waals surface area (Å²) in [5.74, 6) is 0. The summed E-state index contributed by atoms with van der Waals surface area (Å²) in [5, 5.41) is 0. The Morgan fingerprint density at radius 3 is 2.29 bits per heavy atom. The molecule has 24 heavy (non-hydrogen) atoms. The van der Waals surface area contributed by atoms with Crippen LogP contribution < -0.4 is 0 Å². The highest BCUT2D eigenvalue weighted by Crippen LogP contribution is 2.24. The van der Waals surface area contributed by atoms with E-state index in [4.69, 9.17) is 0 Å². The molecule has 0 aromatic heterocycles. The van der Waals surface area contributed by atoms with Crippen molar-refractivity contribution >= 4 is 9.84 Å². The minimum atomic E-state index is -3.10. The molecular weight excluding hydrogens is 320 g/mol. The van der Waals surface area contributed by atoms with Gasteiger partial charge in [-0.05, 0) is 50.0 Å². The predicted octanol–water partition coefficient (Wildman–Crippen LogP) is 2.93. The third-order valence-corrected chi connectivity index (χ3v) is 6.60. The normalized spacial score (nSPS) is 22.4. The van der Waals surface area contributed by atoms with Crippen LogP contribution in [-0.4, -0.2) is 56.7 Å². The lowest BCUT2D eigenvalue weighted by Crippen LogP contribution is -2.39. The van der Waals surface area contributed by atoms with E-state index >= 15 is 0 Å². The summed E-state index contributed by atoms with van der Waals surface area (Å²) in [6.45, 7) is 5.57. The number of nitrogens with zero attached hydrogens (tertiary/aromatic N) is 2. The van der Waals surface area contributed by atoms with E-state index < -0.39 is 9.84 Å². The fraction of sp³-hybridized carbons (Fsp3) is 0.684. The van der Waals surface area contributed by atoms with Crippen molar-refractivity contribution in [3.05, 3.63) is 29.8 Å². The quantitative estimate of drug-likeness (QED) is 0.837. The minimum Gasteiger partial charge on any atom is -0.299 e. The van der Waals surface area contributed by atoms with Gasteiger partial charge in [-0.1, -0.05) is 31.4 Å². The molecule has 1 saturated carbocycles. The van der Waals surface area contributed by atoms with Crippen molar-refractivity contribution < 1.29 is 8.42 Å². The van der Waals surface area contributed by atoms with Gasteiger partial charge in [0.05, 0.1) is 4.90 Å². The third kappa shape index (κ3) is 4.80. The van der Waals surface area contributed by atoms with Crippen LogP contribution in [0, 0.1) is 0 Å². The lowest BCUT2D eigenvalue weighted by atomic mass is 9.94. The van der Waals surface area contributed by atoms with Crippen molar-refractivity contribution in [2.24, 2.45) is 0 Å². The van der Waals surface area contributed by atoms with Crippen LogP contribution in [0.15, 0.2) is 29.2 Å². The van der Waals surface area contributed by atoms with Gasteiger partial charge >= 0.3 is 0 Å². The number of sulfone groups is 1. The van der Waals surface area contributed by atoms with Crippen LogP contribution in [0.25, 0.3) is 0 Å². The van der Waals surface area contributed by atoms with Crippen LogP contribution in [0.5, 0.6) is 0 Å². The van der Waals surface area contributed by atoms with Gasteiger partial charge in [-0.25, -0.2) is 8.42 Å². The Morgan fingerprint density at radius 2 is 1.62 bits per heavy atom. The molecule has 0 N–H and O–H groups in total. The van der Waals surface area contributed by atoms with Gasteiger partial charge in [-0.15, -0.1) is 0 Å². The first-order chi connectivity index (χ1) is 11.5. The molecule has 0 spiro atoms. The Balaban J connectivity index is 1.54. The second-order valence-corrected chi connectivity index (χ2v) is 9.39. The Hall–Kier alpha value is -0.910. The number of hydrogen-bond acceptors (Lipinski definition) is 4. The largest absolute Gasteiger partial charge is 0.299 e. The zero-order valence-electron chi connectivity index (χ0n) is 14.8. The van der Waals surface area contributed by atoms with Crippen molar-refractivity contribution in [3.63, 3.8) is 0 Å². The van der Waals surface area contributed by atoms with E-state index in [2.05, 4.69) is 9.80 Å². The average molecular weight is 351 g/mol. The summed E-state index contributed by atoms with van der Waals surface area (Å²) in [7, 11) is -3.10. The maximum atomic E-state index is 11.6. The molecule has 1 heterocycles. The summed E-state index contributed by atoms with van der Waals surface area (Å²) in [5.41, 5.74) is 1.20. The van der Waals surface area contributed by atoms with Gasteiger partial charge in [0.1, 0.15) is 0 Å². The topological polar surface area (TPSA) is 40.6 Å². The number of benzene rings is 1. The van der Waals surface area contributed by atoms with E-state index in [1.165, 1.54) is 63.4 Å². The first kappa shape index (κ1) is 17.9. The molecule has 1 aliphatic carbocycles. The third-order valence-electron chi connectivity index (χ3n) is 5.47. The number of hydrogen-bond donors (Lipinski definition) is 0. The first-order valence-corrected chi connectivity index (χ1v) is 11.2. The van der Waals surface area contributed by atoms with Crippen molar-refractivity contribution in [1.82, 2.24) is 9.80 Å². The lowest BCUT2D eigenvalue weighted by molar-refractivity contribution is 0.158. The monoisotopic (exact) mass is 350 g/mol. The Labute approximate surface area is 146 Å². The van der Waals surface area contributed by atoms with Gasteiger partial charge in [0.25, 0.3) is 0 Å². The number of rotatable bonds is 4. The van der Waals surface area contributed by atoms with Crippen molar-refractivity contribution in [1.29, 1.82) is 0 Å². The maximum absolute atomic E-state index is 11.6. The predicted molar refractivity (Wildman–Crippen MR) is 97.9 cm³/mol. The molecule has 134 valence electrons. The second-order valence-electron chi connectivity index (χ2n) is 7.37. The van der Waals surface area contributed by atoms with Gasteiger partial charge in [-0.2, -0.15) is 0 Å². The van der Waals surface area contributed by atoms with Gasteiger partial charge in [-0.3, -0.25) is 9.80 Å². The summed E-state index contributed by atoms with van der Waals surface area (Å²) in [6.07, 6.45) is 9.48. The summed E-state index contributed by atoms with van der Waals surface area (Å²) in [4.78, 5) is 5.63. The standard InChI is InChI=1S/C19H30N2O2S/c1-24(22,23)19-10-8-17(9-11-19)16-20-12-5-13-21(15-14-20)18-6-3-2-4-7-18/h8-11,18H,2-7,12-16H2,1H3. The van der Waals surface area contributed by atoms with Crippen LogP contribution in [0.3, 0.4) is 0 Å². The minimum absolute atomic E-state index is 0.408. The molecule has 1 aromatic rings. The maximum Gasteiger partial charge on any atom is 0.175 e. The van der Waals surface area contributed by atoms with Crippen LogP contribution in [0.1, 0.15) is 44.1 Å². The first-order valence-electron chi connectivity index (χ1n) is 9.28. The molecule has 1 aromatic carbocycles. The molecule has 2 aliphatic rings.